The van der Waals surface area contributed by atoms with Crippen LogP contribution in [0.25, 0.3) is 0 Å². The maximum atomic E-state index is 13.3. The first-order valence-corrected chi connectivity index (χ1v) is 13.1. The van der Waals surface area contributed by atoms with Crippen LogP contribution < -0.4 is 5.32 Å². The monoisotopic (exact) mass is 532 g/mol. The zero-order valence-corrected chi connectivity index (χ0v) is 21.2. The van der Waals surface area contributed by atoms with Gasteiger partial charge < -0.3 is 10.1 Å². The van der Waals surface area contributed by atoms with Crippen molar-refractivity contribution in [3.63, 3.8) is 0 Å². The van der Waals surface area contributed by atoms with Gasteiger partial charge in [0, 0.05) is 17.3 Å². The highest BCUT2D eigenvalue weighted by molar-refractivity contribution is 7.89. The molecule has 0 aromatic heterocycles. The summed E-state index contributed by atoms with van der Waals surface area (Å²) in [5, 5.41) is 3.01. The van der Waals surface area contributed by atoms with Gasteiger partial charge in [-0.05, 0) is 72.6 Å². The Hall–Kier alpha value is -3.27. The summed E-state index contributed by atoms with van der Waals surface area (Å²) in [4.78, 5) is 24.8. The number of hydrogen-bond acceptors (Lipinski definition) is 5. The lowest BCUT2D eigenvalue weighted by Crippen LogP contribution is -2.37. The Morgan fingerprint density at radius 3 is 2.22 bits per heavy atom. The summed E-state index contributed by atoms with van der Waals surface area (Å²) >= 11 is 5.89. The number of nitrogens with zero attached hydrogens (tertiary/aromatic N) is 1. The average molecular weight is 533 g/mol. The molecule has 0 saturated carbocycles. The van der Waals surface area contributed by atoms with Gasteiger partial charge in [0.2, 0.25) is 15.9 Å². The molecule has 3 aromatic carbocycles. The van der Waals surface area contributed by atoms with Crippen LogP contribution in [0.1, 0.15) is 35.7 Å². The minimum absolute atomic E-state index is 0.0345. The molecule has 0 heterocycles. The number of carbonyl (C=O) groups excluding carboxylic acids is 2. The molecule has 0 aliphatic carbocycles. The smallest absolute Gasteiger partial charge is 0.338 e. The fourth-order valence-corrected chi connectivity index (χ4v) is 4.73. The van der Waals surface area contributed by atoms with Gasteiger partial charge in [0.1, 0.15) is 5.82 Å². The first-order chi connectivity index (χ1) is 17.2. The van der Waals surface area contributed by atoms with E-state index in [1.165, 1.54) is 72.8 Å². The molecule has 0 unspecified atom stereocenters. The second-order valence-electron chi connectivity index (χ2n) is 7.97. The molecule has 1 N–H and O–H groups in total. The molecule has 0 atom stereocenters. The Balaban J connectivity index is 1.74. The average Bonchev–Trinajstić information content (AvgIpc) is 2.85. The number of hydrogen-bond donors (Lipinski definition) is 1. The molecule has 0 aliphatic heterocycles. The Labute approximate surface area is 214 Å². The van der Waals surface area contributed by atoms with Crippen LogP contribution in [0.5, 0.6) is 0 Å². The molecule has 7 nitrogen and oxygen atoms in total. The van der Waals surface area contributed by atoms with Crippen LogP contribution in [0, 0.1) is 5.82 Å². The molecule has 0 aliphatic rings. The van der Waals surface area contributed by atoms with Crippen LogP contribution in [-0.2, 0) is 26.1 Å². The number of halogens is 2. The standard InChI is InChI=1S/C26H26ClFN2O5S/c1-2-3-16-35-26(32)20-6-12-23(13-7-20)29-25(31)18-30(17-19-4-10-22(28)11-5-19)36(33,34)24-14-8-21(27)9-15-24/h4-15H,2-3,16-18H2,1H3,(H,29,31). The van der Waals surface area contributed by atoms with Crippen molar-refractivity contribution in [2.45, 2.75) is 31.2 Å². The molecular formula is C26H26ClFN2O5S. The number of esters is 1. The minimum Gasteiger partial charge on any atom is -0.462 e. The third kappa shape index (κ3) is 7.61. The van der Waals surface area contributed by atoms with Gasteiger partial charge in [0.15, 0.2) is 0 Å². The number of carbonyl (C=O) groups is 2. The van der Waals surface area contributed by atoms with E-state index in [1.54, 1.807) is 0 Å². The largest absolute Gasteiger partial charge is 0.462 e. The zero-order chi connectivity index (χ0) is 26.1. The van der Waals surface area contributed by atoms with Gasteiger partial charge >= 0.3 is 5.97 Å². The van der Waals surface area contributed by atoms with E-state index in [0.717, 1.165) is 17.1 Å². The third-order valence-electron chi connectivity index (χ3n) is 5.18. The molecule has 3 rings (SSSR count). The number of rotatable bonds is 11. The Kier molecular flexibility index (Phi) is 9.58. The quantitative estimate of drug-likeness (QED) is 0.268. The predicted octanol–water partition coefficient (Wildman–Crippen LogP) is 5.27. The normalized spacial score (nSPS) is 11.3. The van der Waals surface area contributed by atoms with Crippen molar-refractivity contribution >= 4 is 39.2 Å². The van der Waals surface area contributed by atoms with Crippen molar-refractivity contribution in [1.29, 1.82) is 0 Å². The van der Waals surface area contributed by atoms with E-state index < -0.39 is 34.3 Å². The number of ether oxygens (including phenoxy) is 1. The number of sulfonamides is 1. The summed E-state index contributed by atoms with van der Waals surface area (Å²) in [5.74, 6) is -1.50. The topological polar surface area (TPSA) is 92.8 Å². The molecule has 1 amide bonds. The van der Waals surface area contributed by atoms with Crippen LogP contribution in [0.4, 0.5) is 10.1 Å². The van der Waals surface area contributed by atoms with Crippen molar-refractivity contribution in [2.24, 2.45) is 0 Å². The fraction of sp³-hybridized carbons (Fsp3) is 0.231. The summed E-state index contributed by atoms with van der Waals surface area (Å²) in [6.07, 6.45) is 1.68. The summed E-state index contributed by atoms with van der Waals surface area (Å²) in [5.41, 5.74) is 1.23. The molecule has 0 fully saturated rings. The third-order valence-corrected chi connectivity index (χ3v) is 7.24. The first kappa shape index (κ1) is 27.3. The second-order valence-corrected chi connectivity index (χ2v) is 10.3. The highest BCUT2D eigenvalue weighted by Gasteiger charge is 2.27. The summed E-state index contributed by atoms with van der Waals surface area (Å²) < 4.78 is 46.1. The molecule has 0 radical (unpaired) electrons. The number of amides is 1. The number of benzene rings is 3. The van der Waals surface area contributed by atoms with Gasteiger partial charge in [0.05, 0.1) is 23.6 Å². The maximum Gasteiger partial charge on any atom is 0.338 e. The van der Waals surface area contributed by atoms with E-state index in [9.17, 15) is 22.4 Å². The predicted molar refractivity (Wildman–Crippen MR) is 136 cm³/mol. The Morgan fingerprint density at radius 1 is 0.972 bits per heavy atom. The molecule has 36 heavy (non-hydrogen) atoms. The van der Waals surface area contributed by atoms with Gasteiger partial charge in [-0.3, -0.25) is 4.79 Å². The van der Waals surface area contributed by atoms with Crippen LogP contribution in [0.3, 0.4) is 0 Å². The summed E-state index contributed by atoms with van der Waals surface area (Å²) in [7, 11) is -4.08. The molecule has 190 valence electrons. The van der Waals surface area contributed by atoms with Gasteiger partial charge in [-0.1, -0.05) is 37.1 Å². The number of anilines is 1. The lowest BCUT2D eigenvalue weighted by molar-refractivity contribution is -0.116. The lowest BCUT2D eigenvalue weighted by atomic mass is 10.2. The van der Waals surface area contributed by atoms with E-state index in [0.29, 0.717) is 28.4 Å². The van der Waals surface area contributed by atoms with Crippen molar-refractivity contribution in [2.75, 3.05) is 18.5 Å². The Morgan fingerprint density at radius 2 is 1.61 bits per heavy atom. The number of unbranched alkanes of at least 4 members (excludes halogenated alkanes) is 1. The van der Waals surface area contributed by atoms with E-state index in [-0.39, 0.29) is 11.4 Å². The highest BCUT2D eigenvalue weighted by atomic mass is 35.5. The van der Waals surface area contributed by atoms with Crippen molar-refractivity contribution < 1.29 is 27.1 Å². The maximum absolute atomic E-state index is 13.3. The van der Waals surface area contributed by atoms with E-state index >= 15 is 0 Å². The Bertz CT molecular complexity index is 1280. The van der Waals surface area contributed by atoms with Crippen molar-refractivity contribution in [3.8, 4) is 0 Å². The first-order valence-electron chi connectivity index (χ1n) is 11.3. The molecule has 0 spiro atoms. The molecule has 3 aromatic rings. The zero-order valence-electron chi connectivity index (χ0n) is 19.6. The molecule has 10 heteroatoms. The van der Waals surface area contributed by atoms with Crippen molar-refractivity contribution in [1.82, 2.24) is 4.31 Å². The molecular weight excluding hydrogens is 507 g/mol. The van der Waals surface area contributed by atoms with Crippen LogP contribution in [0.2, 0.25) is 5.02 Å². The van der Waals surface area contributed by atoms with Crippen molar-refractivity contribution in [3.05, 3.63) is 94.8 Å². The van der Waals surface area contributed by atoms with Crippen LogP contribution in [-0.4, -0.2) is 37.8 Å². The lowest BCUT2D eigenvalue weighted by Gasteiger charge is -2.22. The van der Waals surface area contributed by atoms with Crippen LogP contribution >= 0.6 is 11.6 Å². The van der Waals surface area contributed by atoms with Crippen LogP contribution in [0.15, 0.2) is 77.7 Å². The highest BCUT2D eigenvalue weighted by Crippen LogP contribution is 2.21. The van der Waals surface area contributed by atoms with Gasteiger partial charge in [-0.2, -0.15) is 4.31 Å². The van der Waals surface area contributed by atoms with E-state index in [1.807, 2.05) is 6.92 Å². The number of nitrogens with one attached hydrogen (secondary N) is 1. The molecule has 0 bridgehead atoms. The SMILES string of the molecule is CCCCOC(=O)c1ccc(NC(=O)CN(Cc2ccc(F)cc2)S(=O)(=O)c2ccc(Cl)cc2)cc1. The minimum atomic E-state index is -4.08. The van der Waals surface area contributed by atoms with E-state index in [2.05, 4.69) is 5.32 Å². The van der Waals surface area contributed by atoms with Gasteiger partial charge in [-0.15, -0.1) is 0 Å². The summed E-state index contributed by atoms with van der Waals surface area (Å²) in [6.45, 7) is 1.68. The second kappa shape index (κ2) is 12.6. The summed E-state index contributed by atoms with van der Waals surface area (Å²) in [6, 6.07) is 17.0. The fourth-order valence-electron chi connectivity index (χ4n) is 3.22. The van der Waals surface area contributed by atoms with E-state index in [4.69, 9.17) is 16.3 Å². The molecule has 0 saturated heterocycles. The van der Waals surface area contributed by atoms with Gasteiger partial charge in [-0.25, -0.2) is 17.6 Å². The van der Waals surface area contributed by atoms with Gasteiger partial charge in [0.25, 0.3) is 0 Å².